The summed E-state index contributed by atoms with van der Waals surface area (Å²) >= 11 is 1.29. The average molecular weight is 383 g/mol. The molecule has 2 heterocycles. The number of hydrogen-bond donors (Lipinski definition) is 0. The summed E-state index contributed by atoms with van der Waals surface area (Å²) in [5, 5.41) is 13.5. The number of nitriles is 1. The van der Waals surface area contributed by atoms with Crippen molar-refractivity contribution in [3.05, 3.63) is 29.3 Å². The van der Waals surface area contributed by atoms with E-state index < -0.39 is 28.4 Å². The van der Waals surface area contributed by atoms with E-state index in [1.165, 1.54) is 11.3 Å². The van der Waals surface area contributed by atoms with E-state index in [-0.39, 0.29) is 5.71 Å². The molecule has 0 radical (unpaired) electrons. The zero-order chi connectivity index (χ0) is 19.4. The van der Waals surface area contributed by atoms with Crippen molar-refractivity contribution >= 4 is 39.2 Å². The first-order chi connectivity index (χ1) is 12.7. The minimum absolute atomic E-state index is 0.0937. The summed E-state index contributed by atoms with van der Waals surface area (Å²) in [5.74, 6) is -1.15. The minimum Gasteiger partial charge on any atom is -0.446 e. The molecule has 7 nitrogen and oxygen atoms in total. The van der Waals surface area contributed by atoms with E-state index in [4.69, 9.17) is 9.57 Å². The van der Waals surface area contributed by atoms with Crippen LogP contribution >= 0.6 is 11.3 Å². The Balaban J connectivity index is 1.63. The normalized spacial score (nSPS) is 28.8. The number of fused-ring (bicyclic) bond motifs is 3. The van der Waals surface area contributed by atoms with Gasteiger partial charge in [0.2, 0.25) is 11.3 Å². The van der Waals surface area contributed by atoms with Gasteiger partial charge >= 0.3 is 11.9 Å². The molecule has 0 spiro atoms. The van der Waals surface area contributed by atoms with E-state index in [0.717, 1.165) is 10.2 Å². The lowest BCUT2D eigenvalue weighted by molar-refractivity contribution is -0.183. The van der Waals surface area contributed by atoms with Crippen LogP contribution in [0.25, 0.3) is 10.2 Å². The molecule has 1 saturated carbocycles. The summed E-state index contributed by atoms with van der Waals surface area (Å²) in [6.45, 7) is 5.46. The van der Waals surface area contributed by atoms with Gasteiger partial charge in [-0.15, -0.1) is 11.3 Å². The highest BCUT2D eigenvalue weighted by Gasteiger charge is 2.76. The molecule has 8 heteroatoms. The predicted molar refractivity (Wildman–Crippen MR) is 97.8 cm³/mol. The lowest BCUT2D eigenvalue weighted by atomic mass is 9.66. The number of oxime groups is 1. The fourth-order valence-corrected chi connectivity index (χ4v) is 4.84. The summed E-state index contributed by atoms with van der Waals surface area (Å²) in [7, 11) is 0. The van der Waals surface area contributed by atoms with Gasteiger partial charge in [0.05, 0.1) is 15.6 Å². The maximum absolute atomic E-state index is 12.8. The highest BCUT2D eigenvalue weighted by molar-refractivity contribution is 7.20. The number of benzene rings is 1. The summed E-state index contributed by atoms with van der Waals surface area (Å²) in [4.78, 5) is 34.5. The quantitative estimate of drug-likeness (QED) is 0.349. The predicted octanol–water partition coefficient (Wildman–Crippen LogP) is 3.19. The molecule has 1 aliphatic carbocycles. The molecular formula is C19H17N3O4S. The molecule has 1 aliphatic heterocycles. The van der Waals surface area contributed by atoms with E-state index in [1.807, 2.05) is 51.1 Å². The molecule has 2 aliphatic rings. The first-order valence-electron chi connectivity index (χ1n) is 8.54. The molecule has 2 fully saturated rings. The van der Waals surface area contributed by atoms with E-state index >= 15 is 0 Å². The molecule has 1 saturated heterocycles. The zero-order valence-corrected chi connectivity index (χ0v) is 15.9. The van der Waals surface area contributed by atoms with Gasteiger partial charge in [-0.1, -0.05) is 31.1 Å². The van der Waals surface area contributed by atoms with Crippen LogP contribution in [0.15, 0.2) is 29.4 Å². The van der Waals surface area contributed by atoms with Crippen LogP contribution in [-0.4, -0.2) is 28.2 Å². The first-order valence-corrected chi connectivity index (χ1v) is 9.36. The van der Waals surface area contributed by atoms with Crippen LogP contribution < -0.4 is 0 Å². The Kier molecular flexibility index (Phi) is 3.65. The molecule has 2 bridgehead atoms. The third kappa shape index (κ3) is 2.18. The van der Waals surface area contributed by atoms with Crippen LogP contribution in [0.4, 0.5) is 0 Å². The molecule has 1 aromatic heterocycles. The number of carbonyl (C=O) groups excluding carboxylic acids is 2. The molecule has 4 rings (SSSR count). The summed E-state index contributed by atoms with van der Waals surface area (Å²) in [5.41, 5.74) is -2.20. The number of thiazole rings is 1. The van der Waals surface area contributed by atoms with Gasteiger partial charge in [0, 0.05) is 5.41 Å². The Morgan fingerprint density at radius 2 is 2.07 bits per heavy atom. The minimum atomic E-state index is -1.38. The summed E-state index contributed by atoms with van der Waals surface area (Å²) in [6, 6.07) is 9.35. The molecule has 0 amide bonds. The Morgan fingerprint density at radius 3 is 2.67 bits per heavy atom. The Bertz CT molecular complexity index is 1020. The van der Waals surface area contributed by atoms with Crippen molar-refractivity contribution in [1.29, 1.82) is 5.26 Å². The number of ether oxygens (including phenoxy) is 1. The maximum Gasteiger partial charge on any atom is 0.378 e. The van der Waals surface area contributed by atoms with Crippen LogP contribution in [0.5, 0.6) is 0 Å². The second kappa shape index (κ2) is 5.60. The highest BCUT2D eigenvalue weighted by atomic mass is 32.1. The number of aromatic nitrogens is 1. The number of rotatable bonds is 3. The van der Waals surface area contributed by atoms with Gasteiger partial charge in [0.15, 0.2) is 5.01 Å². The van der Waals surface area contributed by atoms with Gasteiger partial charge in [0.1, 0.15) is 6.07 Å². The van der Waals surface area contributed by atoms with E-state index in [1.54, 1.807) is 0 Å². The van der Waals surface area contributed by atoms with Crippen LogP contribution in [0.2, 0.25) is 0 Å². The van der Waals surface area contributed by atoms with Crippen molar-refractivity contribution in [3.8, 4) is 6.07 Å². The summed E-state index contributed by atoms with van der Waals surface area (Å²) in [6.07, 6.45) is 0.917. The number of hydrogen-bond acceptors (Lipinski definition) is 8. The molecule has 138 valence electrons. The SMILES string of the molecule is CC1(C)[C@@]2(C)CC[C@]1(C(=O)O/N=C(\C#N)c1nc3ccccc3s1)OC2=O. The Morgan fingerprint density at radius 1 is 1.33 bits per heavy atom. The van der Waals surface area contributed by atoms with Gasteiger partial charge in [-0.2, -0.15) is 5.26 Å². The third-order valence-corrected chi connectivity index (χ3v) is 7.28. The lowest BCUT2D eigenvalue weighted by Crippen LogP contribution is -2.48. The second-order valence-corrected chi connectivity index (χ2v) is 8.62. The molecule has 0 N–H and O–H groups in total. The average Bonchev–Trinajstić information content (AvgIpc) is 3.20. The number of carbonyl (C=O) groups is 2. The van der Waals surface area contributed by atoms with Crippen molar-refractivity contribution in [2.75, 3.05) is 0 Å². The van der Waals surface area contributed by atoms with Crippen LogP contribution in [0.3, 0.4) is 0 Å². The topological polar surface area (TPSA) is 102 Å². The summed E-state index contributed by atoms with van der Waals surface area (Å²) < 4.78 is 6.37. The molecular weight excluding hydrogens is 366 g/mol. The number of esters is 1. The standard InChI is InChI=1S/C19H17N3O4S/c1-17(2)18(3)8-9-19(17,25-15(18)23)16(24)26-22-12(10-20)14-21-11-6-4-5-7-13(11)27-14/h4-7H,8-9H2,1-3H3/b22-12+/t18-,19+/m0/s1. The van der Waals surface area contributed by atoms with Gasteiger partial charge in [-0.3, -0.25) is 4.79 Å². The van der Waals surface area contributed by atoms with Crippen molar-refractivity contribution in [3.63, 3.8) is 0 Å². The van der Waals surface area contributed by atoms with Crippen molar-refractivity contribution < 1.29 is 19.2 Å². The van der Waals surface area contributed by atoms with E-state index in [9.17, 15) is 14.9 Å². The lowest BCUT2D eigenvalue weighted by Gasteiger charge is -2.33. The smallest absolute Gasteiger partial charge is 0.378 e. The van der Waals surface area contributed by atoms with Gasteiger partial charge in [-0.25, -0.2) is 9.78 Å². The molecule has 2 atom stereocenters. The van der Waals surface area contributed by atoms with Crippen molar-refractivity contribution in [2.24, 2.45) is 16.0 Å². The van der Waals surface area contributed by atoms with Gasteiger partial charge < -0.3 is 9.57 Å². The van der Waals surface area contributed by atoms with Crippen molar-refractivity contribution in [1.82, 2.24) is 4.98 Å². The van der Waals surface area contributed by atoms with Gasteiger partial charge in [0.25, 0.3) is 0 Å². The molecule has 2 aromatic rings. The monoisotopic (exact) mass is 383 g/mol. The van der Waals surface area contributed by atoms with E-state index in [0.29, 0.717) is 17.8 Å². The third-order valence-electron chi connectivity index (χ3n) is 6.24. The number of para-hydroxylation sites is 1. The largest absolute Gasteiger partial charge is 0.446 e. The number of nitrogens with zero attached hydrogens (tertiary/aromatic N) is 3. The highest BCUT2D eigenvalue weighted by Crippen LogP contribution is 2.65. The molecule has 27 heavy (non-hydrogen) atoms. The second-order valence-electron chi connectivity index (χ2n) is 7.59. The Hall–Kier alpha value is -2.79. The van der Waals surface area contributed by atoms with Crippen LogP contribution in [-0.2, 0) is 19.2 Å². The fraction of sp³-hybridized carbons (Fsp3) is 0.421. The molecule has 1 aromatic carbocycles. The van der Waals surface area contributed by atoms with Gasteiger partial charge in [-0.05, 0) is 31.9 Å². The maximum atomic E-state index is 12.8. The zero-order valence-electron chi connectivity index (χ0n) is 15.1. The van der Waals surface area contributed by atoms with Crippen LogP contribution in [0, 0.1) is 22.2 Å². The fourth-order valence-electron chi connectivity index (χ4n) is 3.94. The molecule has 0 unspecified atom stereocenters. The Labute approximate surface area is 159 Å². The van der Waals surface area contributed by atoms with Crippen molar-refractivity contribution in [2.45, 2.75) is 39.2 Å². The van der Waals surface area contributed by atoms with Crippen LogP contribution in [0.1, 0.15) is 38.6 Å². The van der Waals surface area contributed by atoms with E-state index in [2.05, 4.69) is 10.1 Å². The first kappa shape index (κ1) is 17.6.